The summed E-state index contributed by atoms with van der Waals surface area (Å²) >= 11 is 12.0. The van der Waals surface area contributed by atoms with Crippen LogP contribution in [0.5, 0.6) is 5.75 Å². The average molecular weight is 415 g/mol. The number of hydrogen-bond donors (Lipinski definition) is 1. The molecule has 2 heterocycles. The Kier molecular flexibility index (Phi) is 4.39. The van der Waals surface area contributed by atoms with E-state index in [2.05, 4.69) is 20.0 Å². The van der Waals surface area contributed by atoms with Gasteiger partial charge in [0.25, 0.3) is 0 Å². The molecule has 2 aromatic rings. The van der Waals surface area contributed by atoms with E-state index in [1.807, 2.05) is 11.0 Å². The van der Waals surface area contributed by atoms with E-state index in [1.165, 1.54) is 12.1 Å². The molecule has 27 heavy (non-hydrogen) atoms. The molecule has 2 aromatic carbocycles. The lowest BCUT2D eigenvalue weighted by Gasteiger charge is -2.27. The molecule has 0 bridgehead atoms. The van der Waals surface area contributed by atoms with Crippen molar-refractivity contribution in [1.29, 1.82) is 0 Å². The van der Waals surface area contributed by atoms with Gasteiger partial charge in [-0.3, -0.25) is 4.99 Å². The summed E-state index contributed by atoms with van der Waals surface area (Å²) in [6.07, 6.45) is -4.81. The molecule has 10 heteroatoms. The van der Waals surface area contributed by atoms with E-state index in [4.69, 9.17) is 23.2 Å². The molecule has 2 aliphatic rings. The Balaban J connectivity index is 1.65. The zero-order valence-electron chi connectivity index (χ0n) is 13.5. The molecule has 5 nitrogen and oxygen atoms in total. The van der Waals surface area contributed by atoms with Gasteiger partial charge in [0.1, 0.15) is 5.75 Å². The maximum Gasteiger partial charge on any atom is 0.573 e. The average Bonchev–Trinajstić information content (AvgIpc) is 3.06. The van der Waals surface area contributed by atoms with Gasteiger partial charge < -0.3 is 15.0 Å². The second-order valence-electron chi connectivity index (χ2n) is 5.77. The van der Waals surface area contributed by atoms with Gasteiger partial charge in [-0.1, -0.05) is 23.2 Å². The van der Waals surface area contributed by atoms with E-state index in [9.17, 15) is 13.2 Å². The van der Waals surface area contributed by atoms with Crippen molar-refractivity contribution in [1.82, 2.24) is 0 Å². The van der Waals surface area contributed by atoms with Crippen LogP contribution in [-0.2, 0) is 0 Å². The summed E-state index contributed by atoms with van der Waals surface area (Å²) in [6, 6.07) is 9.28. The highest BCUT2D eigenvalue weighted by atomic mass is 35.5. The Bertz CT molecular complexity index is 975. The molecule has 0 saturated carbocycles. The minimum Gasteiger partial charge on any atom is -0.404 e. The predicted molar refractivity (Wildman–Crippen MR) is 100.0 cm³/mol. The lowest BCUT2D eigenvalue weighted by molar-refractivity contribution is -0.274. The molecule has 0 atom stereocenters. The van der Waals surface area contributed by atoms with Crippen molar-refractivity contribution in [2.24, 2.45) is 9.98 Å². The summed E-state index contributed by atoms with van der Waals surface area (Å²) in [5.74, 6) is 0.636. The number of aliphatic imine (C=N–C) groups is 2. The number of benzene rings is 2. The molecule has 0 spiro atoms. The van der Waals surface area contributed by atoms with E-state index >= 15 is 0 Å². The Labute approximate surface area is 162 Å². The summed E-state index contributed by atoms with van der Waals surface area (Å²) < 4.78 is 41.0. The normalized spacial score (nSPS) is 15.7. The van der Waals surface area contributed by atoms with Gasteiger partial charge in [-0.25, -0.2) is 4.99 Å². The summed E-state index contributed by atoms with van der Waals surface area (Å²) in [4.78, 5) is 11.0. The maximum absolute atomic E-state index is 12.4. The van der Waals surface area contributed by atoms with Gasteiger partial charge in [-0.15, -0.1) is 13.2 Å². The van der Waals surface area contributed by atoms with Crippen molar-refractivity contribution in [3.05, 3.63) is 46.4 Å². The largest absolute Gasteiger partial charge is 0.573 e. The monoisotopic (exact) mass is 414 g/mol. The smallest absolute Gasteiger partial charge is 0.404 e. The predicted octanol–water partition coefficient (Wildman–Crippen LogP) is 5.27. The van der Waals surface area contributed by atoms with Crippen LogP contribution in [0.3, 0.4) is 0 Å². The van der Waals surface area contributed by atoms with Crippen LogP contribution in [0.1, 0.15) is 0 Å². The number of anilines is 2. The first kappa shape index (κ1) is 17.9. The zero-order valence-corrected chi connectivity index (χ0v) is 15.0. The van der Waals surface area contributed by atoms with Crippen LogP contribution in [0.4, 0.5) is 30.2 Å². The van der Waals surface area contributed by atoms with E-state index in [-0.39, 0.29) is 5.02 Å². The topological polar surface area (TPSA) is 49.2 Å². The van der Waals surface area contributed by atoms with Crippen molar-refractivity contribution < 1.29 is 17.9 Å². The van der Waals surface area contributed by atoms with Crippen LogP contribution < -0.4 is 15.0 Å². The molecule has 0 saturated heterocycles. The van der Waals surface area contributed by atoms with Crippen LogP contribution in [0.2, 0.25) is 10.0 Å². The third-order valence-corrected chi connectivity index (χ3v) is 4.46. The van der Waals surface area contributed by atoms with Crippen LogP contribution in [0.25, 0.3) is 0 Å². The number of fused-ring (bicyclic) bond motifs is 3. The van der Waals surface area contributed by atoms with Crippen molar-refractivity contribution in [3.63, 3.8) is 0 Å². The highest BCUT2D eigenvalue weighted by Gasteiger charge is 2.32. The summed E-state index contributed by atoms with van der Waals surface area (Å²) in [5, 5.41) is 3.43. The highest BCUT2D eigenvalue weighted by Crippen LogP contribution is 2.37. The molecule has 0 radical (unpaired) electrons. The minimum absolute atomic E-state index is 0.178. The van der Waals surface area contributed by atoms with Crippen molar-refractivity contribution in [2.45, 2.75) is 6.36 Å². The van der Waals surface area contributed by atoms with Crippen LogP contribution >= 0.6 is 23.2 Å². The number of nitrogens with zero attached hydrogens (tertiary/aromatic N) is 3. The minimum atomic E-state index is -4.81. The summed E-state index contributed by atoms with van der Waals surface area (Å²) in [5.41, 5.74) is 2.02. The maximum atomic E-state index is 12.4. The van der Waals surface area contributed by atoms with Crippen molar-refractivity contribution >= 4 is 51.9 Å². The third-order valence-electron chi connectivity index (χ3n) is 3.93. The van der Waals surface area contributed by atoms with Crippen LogP contribution in [0, 0.1) is 0 Å². The lowest BCUT2D eigenvalue weighted by Crippen LogP contribution is -2.39. The van der Waals surface area contributed by atoms with E-state index in [0.717, 1.165) is 11.8 Å². The fourth-order valence-electron chi connectivity index (χ4n) is 2.88. The lowest BCUT2D eigenvalue weighted by atomic mass is 10.2. The Morgan fingerprint density at radius 2 is 1.93 bits per heavy atom. The van der Waals surface area contributed by atoms with E-state index in [0.29, 0.717) is 41.2 Å². The van der Waals surface area contributed by atoms with Crippen LogP contribution in [0.15, 0.2) is 46.4 Å². The Hall–Kier alpha value is -2.45. The van der Waals surface area contributed by atoms with Gasteiger partial charge in [0.15, 0.2) is 11.7 Å². The number of rotatable bonds is 2. The van der Waals surface area contributed by atoms with Gasteiger partial charge in [0.2, 0.25) is 0 Å². The number of ether oxygens (including phenoxy) is 1. The zero-order chi connectivity index (χ0) is 19.2. The molecule has 0 fully saturated rings. The molecule has 0 aromatic heterocycles. The third kappa shape index (κ3) is 3.68. The number of alkyl halides is 3. The van der Waals surface area contributed by atoms with E-state index < -0.39 is 12.1 Å². The first-order valence-corrected chi connectivity index (χ1v) is 8.59. The molecule has 4 rings (SSSR count). The quantitative estimate of drug-likeness (QED) is 0.728. The van der Waals surface area contributed by atoms with Gasteiger partial charge in [0, 0.05) is 17.3 Å². The number of hydrogen-bond acceptors (Lipinski definition) is 5. The molecule has 2 aliphatic heterocycles. The van der Waals surface area contributed by atoms with Gasteiger partial charge in [0.05, 0.1) is 22.9 Å². The molecule has 1 N–H and O–H groups in total. The first-order chi connectivity index (χ1) is 12.8. The van der Waals surface area contributed by atoms with Gasteiger partial charge in [-0.2, -0.15) is 0 Å². The van der Waals surface area contributed by atoms with Crippen molar-refractivity contribution in [2.75, 3.05) is 23.3 Å². The summed E-state index contributed by atoms with van der Waals surface area (Å²) in [6.45, 7) is 1.31. The molecule has 0 aliphatic carbocycles. The molecule has 140 valence electrons. The fraction of sp³-hybridized carbons (Fsp3) is 0.176. The second kappa shape index (κ2) is 6.61. The molecule has 0 unspecified atom stereocenters. The first-order valence-electron chi connectivity index (χ1n) is 7.83. The summed E-state index contributed by atoms with van der Waals surface area (Å²) in [7, 11) is 0. The molecule has 0 amide bonds. The van der Waals surface area contributed by atoms with Gasteiger partial charge in [-0.05, 0) is 36.4 Å². The van der Waals surface area contributed by atoms with Crippen molar-refractivity contribution in [3.8, 4) is 5.75 Å². The Morgan fingerprint density at radius 1 is 1.11 bits per heavy atom. The number of nitrogens with one attached hydrogen (secondary N) is 1. The molecular weight excluding hydrogens is 404 g/mol. The highest BCUT2D eigenvalue weighted by molar-refractivity contribution is 6.51. The van der Waals surface area contributed by atoms with E-state index in [1.54, 1.807) is 12.1 Å². The number of halogens is 5. The SMILES string of the molecule is FC(F)(F)Oc1ccc(NC2=Nc3cc(Cl)ccc3N3CCN=C23)cc1Cl. The Morgan fingerprint density at radius 3 is 2.67 bits per heavy atom. The second-order valence-corrected chi connectivity index (χ2v) is 6.61. The fourth-order valence-corrected chi connectivity index (χ4v) is 3.26. The standard InChI is InChI=1S/C17H11Cl2F3N4O/c18-9-1-3-13-12(7-9)25-15(16-23-5-6-26(13)16)24-10-2-4-14(11(19)8-10)27-17(20,21)22/h1-4,7-8H,5-6H2,(H,24,25). The van der Waals surface area contributed by atoms with Crippen LogP contribution in [-0.4, -0.2) is 31.1 Å². The number of amidine groups is 2. The molecular formula is C17H11Cl2F3N4O. The van der Waals surface area contributed by atoms with Gasteiger partial charge >= 0.3 is 6.36 Å².